The van der Waals surface area contributed by atoms with Crippen molar-refractivity contribution >= 4 is 61.6 Å². The van der Waals surface area contributed by atoms with Crippen molar-refractivity contribution in [2.75, 3.05) is 19.5 Å². The zero-order valence-corrected chi connectivity index (χ0v) is 39.4. The van der Waals surface area contributed by atoms with Crippen molar-refractivity contribution in [2.24, 2.45) is 0 Å². The summed E-state index contributed by atoms with van der Waals surface area (Å²) in [7, 11) is -3.13. The molecule has 0 aliphatic carbocycles. The number of nitrogens with one attached hydrogen (secondary N) is 1. The number of esters is 1. The van der Waals surface area contributed by atoms with Crippen LogP contribution in [0, 0.1) is 11.3 Å². The van der Waals surface area contributed by atoms with Gasteiger partial charge in [-0.3, -0.25) is 4.79 Å². The molecule has 2 aliphatic heterocycles. The summed E-state index contributed by atoms with van der Waals surface area (Å²) in [6, 6.07) is 36.9. The molecule has 68 heavy (non-hydrogen) atoms. The van der Waals surface area contributed by atoms with Crippen LogP contribution in [0.4, 0.5) is 5.13 Å². The van der Waals surface area contributed by atoms with Gasteiger partial charge in [0, 0.05) is 23.9 Å². The molecule has 0 saturated carbocycles. The molecule has 344 valence electrons. The summed E-state index contributed by atoms with van der Waals surface area (Å²) in [4.78, 5) is 32.1. The molecular formula is C51H41Cl2N5O8S2. The molecule has 3 N–H and O–H groups in total. The summed E-state index contributed by atoms with van der Waals surface area (Å²) >= 11 is 13.5. The van der Waals surface area contributed by atoms with Gasteiger partial charge in [0.15, 0.2) is 22.7 Å². The van der Waals surface area contributed by atoms with E-state index in [0.29, 0.717) is 67.0 Å². The van der Waals surface area contributed by atoms with Crippen molar-refractivity contribution in [1.82, 2.24) is 14.6 Å². The minimum atomic E-state index is -4.35. The zero-order chi connectivity index (χ0) is 47.5. The lowest BCUT2D eigenvalue weighted by Crippen LogP contribution is -2.56. The second kappa shape index (κ2) is 19.7. The smallest absolute Gasteiger partial charge is 0.328 e. The maximum Gasteiger partial charge on any atom is 0.328 e. The van der Waals surface area contributed by atoms with Crippen LogP contribution >= 0.6 is 34.5 Å². The minimum Gasteiger partial charge on any atom is -0.489 e. The lowest BCUT2D eigenvalue weighted by atomic mass is 9.93. The molecule has 6 aromatic carbocycles. The lowest BCUT2D eigenvalue weighted by molar-refractivity contribution is -0.145. The number of carbonyl (C=O) groups excluding carboxylic acids is 2. The molecule has 0 spiro atoms. The van der Waals surface area contributed by atoms with Crippen LogP contribution in [0.15, 0.2) is 138 Å². The third kappa shape index (κ3) is 10.0. The number of benzene rings is 6. The number of halogens is 2. The van der Waals surface area contributed by atoms with Crippen LogP contribution in [0.25, 0.3) is 22.4 Å². The average Bonchev–Trinajstić information content (AvgIpc) is 3.81. The molecule has 0 fully saturated rings. The molecular weight excluding hydrogens is 946 g/mol. The molecule has 7 aromatic rings. The molecule has 1 amide bonds. The van der Waals surface area contributed by atoms with Crippen molar-refractivity contribution in [3.63, 3.8) is 0 Å². The Hall–Kier alpha value is -6.93. The summed E-state index contributed by atoms with van der Waals surface area (Å²) in [6.07, 6.45) is -0.451. The van der Waals surface area contributed by atoms with Gasteiger partial charge in [0.1, 0.15) is 31.0 Å². The largest absolute Gasteiger partial charge is 0.489 e. The Bertz CT molecular complexity index is 3160. The Kier molecular flexibility index (Phi) is 13.4. The highest BCUT2D eigenvalue weighted by Gasteiger charge is 2.42. The van der Waals surface area contributed by atoms with E-state index >= 15 is 0 Å². The first-order valence-electron chi connectivity index (χ1n) is 21.3. The van der Waals surface area contributed by atoms with Gasteiger partial charge in [-0.25, -0.2) is 18.2 Å². The number of nitrogens with two attached hydrogens (primary N) is 1. The van der Waals surface area contributed by atoms with E-state index in [9.17, 15) is 23.3 Å². The third-order valence-corrected chi connectivity index (χ3v) is 15.1. The fourth-order valence-corrected chi connectivity index (χ4v) is 10.6. The first kappa shape index (κ1) is 46.2. The van der Waals surface area contributed by atoms with Crippen LogP contribution in [-0.2, 0) is 50.3 Å². The predicted octanol–water partition coefficient (Wildman–Crippen LogP) is 9.35. The average molecular weight is 987 g/mol. The van der Waals surface area contributed by atoms with Gasteiger partial charge in [-0.1, -0.05) is 89.9 Å². The van der Waals surface area contributed by atoms with E-state index in [1.165, 1.54) is 30.6 Å². The van der Waals surface area contributed by atoms with E-state index in [2.05, 4.69) is 16.4 Å². The highest BCUT2D eigenvalue weighted by Crippen LogP contribution is 2.42. The molecule has 0 bridgehead atoms. The molecule has 1 aromatic heterocycles. The normalized spacial score (nSPS) is 15.9. The van der Waals surface area contributed by atoms with E-state index in [1.54, 1.807) is 53.9 Å². The quantitative estimate of drug-likeness (QED) is 0.105. The van der Waals surface area contributed by atoms with E-state index in [0.717, 1.165) is 32.1 Å². The summed E-state index contributed by atoms with van der Waals surface area (Å²) in [5, 5.41) is 15.1. The fraction of sp³-hybridized carbons (Fsp3) is 0.176. The Morgan fingerprint density at radius 1 is 0.882 bits per heavy atom. The number of hydrogen-bond donors (Lipinski definition) is 2. The number of hydrogen-bond acceptors (Lipinski definition) is 12. The predicted molar refractivity (Wildman–Crippen MR) is 259 cm³/mol. The Labute approximate surface area is 406 Å². The first-order chi connectivity index (χ1) is 32.8. The topological polar surface area (TPSA) is 183 Å². The standard InChI is InChI=1S/C51H41Cl2N5O8S2/c1-63-50(60)43(21-30-2-7-33(8-3-30)34-9-4-31(25-54)5-10-34)56-49(59)45-22-37-23-46-47(24-38(37)26-58(45)68(61,62)40-17-13-35(14-18-40)44-29-67-51(55)57-44)66-48(28-65-46)36-11-15-39(16-12-36)64-27-32-6-19-41(52)42(53)20-32/h2-20,23-24,29,43,45,48H,21-22,26-28H2,1H3,(H2,55,57)(H,56,59). The summed E-state index contributed by atoms with van der Waals surface area (Å²) in [5.41, 5.74) is 13.2. The molecule has 0 radical (unpaired) electrons. The Balaban J connectivity index is 0.961. The number of nitrogen functional groups attached to an aromatic ring is 1. The van der Waals surface area contributed by atoms with Crippen LogP contribution in [0.5, 0.6) is 17.2 Å². The minimum absolute atomic E-state index is 0.0342. The van der Waals surface area contributed by atoms with Gasteiger partial charge in [-0.2, -0.15) is 9.57 Å². The maximum atomic E-state index is 14.8. The summed E-state index contributed by atoms with van der Waals surface area (Å²) in [6.45, 7) is 0.300. The zero-order valence-electron chi connectivity index (χ0n) is 36.2. The van der Waals surface area contributed by atoms with Gasteiger partial charge >= 0.3 is 5.97 Å². The Morgan fingerprint density at radius 3 is 2.22 bits per heavy atom. The number of sulfonamides is 1. The molecule has 2 aliphatic rings. The van der Waals surface area contributed by atoms with E-state index in [-0.39, 0.29) is 30.9 Å². The molecule has 3 heterocycles. The number of amides is 1. The first-order valence-corrected chi connectivity index (χ1v) is 24.4. The number of carbonyl (C=O) groups is 2. The van der Waals surface area contributed by atoms with E-state index < -0.39 is 40.1 Å². The van der Waals surface area contributed by atoms with Crippen LogP contribution in [0.1, 0.15) is 39.5 Å². The van der Waals surface area contributed by atoms with Crippen molar-refractivity contribution in [3.05, 3.63) is 176 Å². The fourth-order valence-electron chi connectivity index (χ4n) is 8.11. The molecule has 9 rings (SSSR count). The van der Waals surface area contributed by atoms with Gasteiger partial charge in [0.25, 0.3) is 0 Å². The molecule has 17 heteroatoms. The molecule has 13 nitrogen and oxygen atoms in total. The molecule has 0 saturated heterocycles. The van der Waals surface area contributed by atoms with Crippen molar-refractivity contribution < 1.29 is 37.0 Å². The monoisotopic (exact) mass is 985 g/mol. The summed E-state index contributed by atoms with van der Waals surface area (Å²) in [5.74, 6) is 0.132. The number of ether oxygens (including phenoxy) is 4. The van der Waals surface area contributed by atoms with E-state index in [1.807, 2.05) is 66.7 Å². The van der Waals surface area contributed by atoms with Gasteiger partial charge in [-0.05, 0) is 106 Å². The SMILES string of the molecule is COC(=O)C(Cc1ccc(-c2ccc(C#N)cc2)cc1)NC(=O)C1Cc2cc3c(cc2CN1S(=O)(=O)c1ccc(-c2csc(N)n2)cc1)OC(c1ccc(OCc2ccc(Cl)c(Cl)c2)cc1)CO3. The molecule has 3 unspecified atom stereocenters. The van der Waals surface area contributed by atoms with Gasteiger partial charge < -0.3 is 30.0 Å². The maximum absolute atomic E-state index is 14.8. The van der Waals surface area contributed by atoms with Gasteiger partial charge in [0.2, 0.25) is 15.9 Å². The number of nitriles is 1. The highest BCUT2D eigenvalue weighted by molar-refractivity contribution is 7.89. The second-order valence-electron chi connectivity index (χ2n) is 16.1. The van der Waals surface area contributed by atoms with Crippen LogP contribution in [0.2, 0.25) is 10.0 Å². The van der Waals surface area contributed by atoms with Crippen LogP contribution in [-0.4, -0.2) is 55.4 Å². The van der Waals surface area contributed by atoms with Gasteiger partial charge in [0.05, 0.1) is 39.4 Å². The van der Waals surface area contributed by atoms with Crippen LogP contribution < -0.4 is 25.3 Å². The number of fused-ring (bicyclic) bond motifs is 2. The number of aromatic nitrogens is 1. The molecule has 3 atom stereocenters. The lowest BCUT2D eigenvalue weighted by Gasteiger charge is -2.37. The van der Waals surface area contributed by atoms with Crippen molar-refractivity contribution in [3.8, 4) is 45.7 Å². The summed E-state index contributed by atoms with van der Waals surface area (Å²) < 4.78 is 54.5. The van der Waals surface area contributed by atoms with Crippen molar-refractivity contribution in [2.45, 2.75) is 49.1 Å². The number of thiazole rings is 1. The highest BCUT2D eigenvalue weighted by atomic mass is 35.5. The Morgan fingerprint density at radius 2 is 1.56 bits per heavy atom. The number of methoxy groups -OCH3 is 1. The van der Waals surface area contributed by atoms with Crippen LogP contribution in [0.3, 0.4) is 0 Å². The third-order valence-electron chi connectivity index (χ3n) is 11.8. The van der Waals surface area contributed by atoms with Gasteiger partial charge in [-0.15, -0.1) is 11.3 Å². The van der Waals surface area contributed by atoms with Crippen molar-refractivity contribution in [1.29, 1.82) is 5.26 Å². The number of anilines is 1. The second-order valence-corrected chi connectivity index (χ2v) is 19.7. The number of nitrogens with zero attached hydrogens (tertiary/aromatic N) is 3. The van der Waals surface area contributed by atoms with E-state index in [4.69, 9.17) is 47.9 Å². The number of rotatable bonds is 13.